The number of benzene rings is 1. The summed E-state index contributed by atoms with van der Waals surface area (Å²) < 4.78 is 5.43. The quantitative estimate of drug-likeness (QED) is 0.756. The molecule has 2 aliphatic carbocycles. The van der Waals surface area contributed by atoms with E-state index in [0.717, 1.165) is 43.3 Å². The first-order valence-electron chi connectivity index (χ1n) is 8.31. The van der Waals surface area contributed by atoms with Gasteiger partial charge in [0.2, 0.25) is 0 Å². The van der Waals surface area contributed by atoms with E-state index in [1.165, 1.54) is 31.2 Å². The zero-order valence-corrected chi connectivity index (χ0v) is 13.3. The van der Waals surface area contributed by atoms with Crippen molar-refractivity contribution in [2.45, 2.75) is 38.3 Å². The molecule has 116 valence electrons. The van der Waals surface area contributed by atoms with Crippen LogP contribution in [0.25, 0.3) is 0 Å². The first-order chi connectivity index (χ1) is 10.3. The van der Waals surface area contributed by atoms with Crippen LogP contribution in [-0.4, -0.2) is 38.2 Å². The van der Waals surface area contributed by atoms with E-state index in [1.807, 2.05) is 12.1 Å². The second-order valence-corrected chi connectivity index (χ2v) is 6.70. The van der Waals surface area contributed by atoms with Gasteiger partial charge in [-0.1, -0.05) is 18.2 Å². The van der Waals surface area contributed by atoms with Crippen molar-refractivity contribution in [3.05, 3.63) is 29.8 Å². The van der Waals surface area contributed by atoms with Gasteiger partial charge in [-0.05, 0) is 50.6 Å². The highest BCUT2D eigenvalue weighted by atomic mass is 16.5. The van der Waals surface area contributed by atoms with E-state index in [4.69, 9.17) is 4.74 Å². The zero-order valence-electron chi connectivity index (χ0n) is 13.3. The molecular weight excluding hydrogens is 260 g/mol. The number of nitrogens with zero attached hydrogens (tertiary/aromatic N) is 1. The van der Waals surface area contributed by atoms with Crippen molar-refractivity contribution < 1.29 is 4.74 Å². The van der Waals surface area contributed by atoms with Crippen LogP contribution in [0.4, 0.5) is 0 Å². The monoisotopic (exact) mass is 288 g/mol. The Morgan fingerprint density at radius 2 is 1.86 bits per heavy atom. The normalized spacial score (nSPS) is 18.5. The summed E-state index contributed by atoms with van der Waals surface area (Å²) in [5.74, 6) is 2.96. The number of likely N-dealkylation sites (N-methyl/N-ethyl adjacent to an activating group) is 1. The lowest BCUT2D eigenvalue weighted by Crippen LogP contribution is -2.38. The fraction of sp³-hybridized carbons (Fsp3) is 0.667. The Balaban J connectivity index is 1.42. The molecule has 0 aromatic heterocycles. The molecule has 0 spiro atoms. The maximum absolute atomic E-state index is 5.43. The van der Waals surface area contributed by atoms with Gasteiger partial charge < -0.3 is 15.0 Å². The molecule has 3 nitrogen and oxygen atoms in total. The third kappa shape index (κ3) is 4.21. The van der Waals surface area contributed by atoms with Crippen LogP contribution in [0.3, 0.4) is 0 Å². The first kappa shape index (κ1) is 14.9. The molecule has 3 rings (SSSR count). The Labute approximate surface area is 128 Å². The van der Waals surface area contributed by atoms with Crippen molar-refractivity contribution in [1.82, 2.24) is 10.2 Å². The molecule has 0 unspecified atom stereocenters. The van der Waals surface area contributed by atoms with Crippen molar-refractivity contribution >= 4 is 0 Å². The number of ether oxygens (including phenoxy) is 1. The van der Waals surface area contributed by atoms with Crippen LogP contribution in [0.1, 0.15) is 31.2 Å². The van der Waals surface area contributed by atoms with Gasteiger partial charge in [0.1, 0.15) is 5.75 Å². The summed E-state index contributed by atoms with van der Waals surface area (Å²) in [5.41, 5.74) is 1.27. The van der Waals surface area contributed by atoms with E-state index >= 15 is 0 Å². The van der Waals surface area contributed by atoms with Crippen LogP contribution < -0.4 is 10.1 Å². The molecule has 2 aliphatic rings. The van der Waals surface area contributed by atoms with Crippen LogP contribution in [-0.2, 0) is 6.54 Å². The van der Waals surface area contributed by atoms with E-state index in [-0.39, 0.29) is 0 Å². The highest BCUT2D eigenvalue weighted by Gasteiger charge is 2.40. The Morgan fingerprint density at radius 3 is 2.48 bits per heavy atom. The Morgan fingerprint density at radius 1 is 1.19 bits per heavy atom. The number of rotatable bonds is 9. The largest absolute Gasteiger partial charge is 0.496 e. The van der Waals surface area contributed by atoms with E-state index in [9.17, 15) is 0 Å². The van der Waals surface area contributed by atoms with Gasteiger partial charge in [-0.2, -0.15) is 0 Å². The standard InChI is InChI=1S/C18H28N2O/c1-20(13-16-5-3-4-6-17(16)21-2)12-11-19-18(14-7-8-14)15-9-10-15/h3-6,14-15,18-19H,7-13H2,1-2H3. The fourth-order valence-electron chi connectivity index (χ4n) is 3.25. The molecule has 0 amide bonds. The highest BCUT2D eigenvalue weighted by molar-refractivity contribution is 5.32. The molecule has 2 saturated carbocycles. The second-order valence-electron chi connectivity index (χ2n) is 6.70. The first-order valence-corrected chi connectivity index (χ1v) is 8.31. The van der Waals surface area contributed by atoms with Crippen LogP contribution in [0.15, 0.2) is 24.3 Å². The number of methoxy groups -OCH3 is 1. The lowest BCUT2D eigenvalue weighted by atomic mass is 10.1. The summed E-state index contributed by atoms with van der Waals surface area (Å²) in [6.45, 7) is 3.14. The molecule has 1 aromatic rings. The van der Waals surface area contributed by atoms with Crippen molar-refractivity contribution in [3.63, 3.8) is 0 Å². The molecular formula is C18H28N2O. The number of para-hydroxylation sites is 1. The minimum atomic E-state index is 0.810. The topological polar surface area (TPSA) is 24.5 Å². The second kappa shape index (κ2) is 6.80. The molecule has 3 heteroatoms. The average Bonchev–Trinajstić information content (AvgIpc) is 3.38. The number of hydrogen-bond donors (Lipinski definition) is 1. The SMILES string of the molecule is COc1ccccc1CN(C)CCNC(C1CC1)C1CC1. The molecule has 0 heterocycles. The van der Waals surface area contributed by atoms with Crippen molar-refractivity contribution in [2.24, 2.45) is 11.8 Å². The molecule has 21 heavy (non-hydrogen) atoms. The van der Waals surface area contributed by atoms with Crippen LogP contribution in [0.5, 0.6) is 5.75 Å². The van der Waals surface area contributed by atoms with Crippen LogP contribution in [0, 0.1) is 11.8 Å². The highest BCUT2D eigenvalue weighted by Crippen LogP contribution is 2.44. The van der Waals surface area contributed by atoms with Gasteiger partial charge in [-0.3, -0.25) is 0 Å². The predicted octanol–water partition coefficient (Wildman–Crippen LogP) is 2.91. The maximum atomic E-state index is 5.43. The average molecular weight is 288 g/mol. The Kier molecular flexibility index (Phi) is 4.81. The van der Waals surface area contributed by atoms with Gasteiger partial charge in [0, 0.05) is 31.2 Å². The summed E-state index contributed by atoms with van der Waals surface area (Å²) in [6, 6.07) is 9.11. The van der Waals surface area contributed by atoms with Crippen molar-refractivity contribution in [1.29, 1.82) is 0 Å². The maximum Gasteiger partial charge on any atom is 0.123 e. The molecule has 0 radical (unpaired) electrons. The van der Waals surface area contributed by atoms with E-state index in [2.05, 4.69) is 29.4 Å². The Hall–Kier alpha value is -1.06. The molecule has 1 aromatic carbocycles. The van der Waals surface area contributed by atoms with Crippen molar-refractivity contribution in [3.8, 4) is 5.75 Å². The fourth-order valence-corrected chi connectivity index (χ4v) is 3.25. The predicted molar refractivity (Wildman–Crippen MR) is 86.6 cm³/mol. The third-order valence-corrected chi connectivity index (χ3v) is 4.77. The molecule has 2 fully saturated rings. The van der Waals surface area contributed by atoms with Crippen LogP contribution in [0.2, 0.25) is 0 Å². The molecule has 0 aliphatic heterocycles. The molecule has 0 atom stereocenters. The van der Waals surface area contributed by atoms with E-state index in [0.29, 0.717) is 0 Å². The molecule has 0 bridgehead atoms. The summed E-state index contributed by atoms with van der Waals surface area (Å²) in [5, 5.41) is 3.82. The summed E-state index contributed by atoms with van der Waals surface area (Å²) in [7, 11) is 3.94. The lowest BCUT2D eigenvalue weighted by molar-refractivity contribution is 0.299. The van der Waals surface area contributed by atoms with Gasteiger partial charge in [0.25, 0.3) is 0 Å². The van der Waals surface area contributed by atoms with Crippen molar-refractivity contribution in [2.75, 3.05) is 27.2 Å². The van der Waals surface area contributed by atoms with Gasteiger partial charge in [0.15, 0.2) is 0 Å². The molecule has 1 N–H and O–H groups in total. The van der Waals surface area contributed by atoms with E-state index < -0.39 is 0 Å². The van der Waals surface area contributed by atoms with E-state index in [1.54, 1.807) is 7.11 Å². The van der Waals surface area contributed by atoms with Gasteiger partial charge in [-0.15, -0.1) is 0 Å². The summed E-state index contributed by atoms with van der Waals surface area (Å²) >= 11 is 0. The van der Waals surface area contributed by atoms with Crippen LogP contribution >= 0.6 is 0 Å². The van der Waals surface area contributed by atoms with Gasteiger partial charge >= 0.3 is 0 Å². The minimum absolute atomic E-state index is 0.810. The number of nitrogens with one attached hydrogen (secondary N) is 1. The minimum Gasteiger partial charge on any atom is -0.496 e. The summed E-state index contributed by atoms with van der Waals surface area (Å²) in [4.78, 5) is 2.38. The molecule has 0 saturated heterocycles. The zero-order chi connectivity index (χ0) is 14.7. The number of hydrogen-bond acceptors (Lipinski definition) is 3. The summed E-state index contributed by atoms with van der Waals surface area (Å²) in [6.07, 6.45) is 5.80. The lowest BCUT2D eigenvalue weighted by Gasteiger charge is -2.22. The third-order valence-electron chi connectivity index (χ3n) is 4.77. The van der Waals surface area contributed by atoms with Gasteiger partial charge in [0.05, 0.1) is 7.11 Å². The smallest absolute Gasteiger partial charge is 0.123 e. The Bertz CT molecular complexity index is 442. The van der Waals surface area contributed by atoms with Gasteiger partial charge in [-0.25, -0.2) is 0 Å².